The molecule has 4 nitrogen and oxygen atoms in total. The van der Waals surface area contributed by atoms with E-state index in [0.717, 1.165) is 18.4 Å². The van der Waals surface area contributed by atoms with Crippen LogP contribution in [0.15, 0.2) is 18.7 Å². The molecule has 2 aliphatic rings. The number of methoxy groups -OCH3 is 1. The Balaban J connectivity index is 2.38. The average Bonchev–Trinajstić information content (AvgIpc) is 2.55. The van der Waals surface area contributed by atoms with Gasteiger partial charge in [-0.2, -0.15) is 0 Å². The predicted molar refractivity (Wildman–Crippen MR) is 98.4 cm³/mol. The number of carbonyl (C=O) groups excluding carboxylic acids is 1. The van der Waals surface area contributed by atoms with E-state index >= 15 is 0 Å². The fraction of sp³-hybridized carbons (Fsp3) is 0.476. The van der Waals surface area contributed by atoms with E-state index in [1.54, 1.807) is 6.92 Å². The number of ketones is 1. The van der Waals surface area contributed by atoms with Gasteiger partial charge in [0.05, 0.1) is 18.2 Å². The number of phenolic OH excluding ortho intramolecular Hbond substituents is 2. The molecule has 1 saturated carbocycles. The van der Waals surface area contributed by atoms with E-state index in [0.29, 0.717) is 29.0 Å². The molecule has 0 heterocycles. The van der Waals surface area contributed by atoms with Gasteiger partial charge in [-0.25, -0.2) is 0 Å². The third-order valence-electron chi connectivity index (χ3n) is 6.22. The normalized spacial score (nSPS) is 28.3. The second kappa shape index (κ2) is 5.65. The van der Waals surface area contributed by atoms with Crippen molar-refractivity contribution in [3.8, 4) is 17.2 Å². The molecular formula is C21H26O4. The summed E-state index contributed by atoms with van der Waals surface area (Å²) in [5.74, 6) is 0.136. The number of Topliss-reactive ketones (excluding diaryl/α,β-unsaturated/α-hetero) is 1. The van der Waals surface area contributed by atoms with Crippen LogP contribution in [0.1, 0.15) is 61.5 Å². The zero-order valence-electron chi connectivity index (χ0n) is 15.4. The fourth-order valence-corrected chi connectivity index (χ4v) is 4.70. The quantitative estimate of drug-likeness (QED) is 0.609. The predicted octanol–water partition coefficient (Wildman–Crippen LogP) is 4.59. The van der Waals surface area contributed by atoms with Crippen molar-refractivity contribution in [2.75, 3.05) is 7.11 Å². The number of hydrogen-bond acceptors (Lipinski definition) is 4. The highest BCUT2D eigenvalue weighted by Gasteiger charge is 2.51. The van der Waals surface area contributed by atoms with E-state index in [1.165, 1.54) is 7.11 Å². The molecule has 0 saturated heterocycles. The molecule has 0 bridgehead atoms. The maximum atomic E-state index is 12.9. The van der Waals surface area contributed by atoms with Crippen LogP contribution >= 0.6 is 0 Å². The zero-order valence-corrected chi connectivity index (χ0v) is 15.4. The molecule has 0 spiro atoms. The maximum absolute atomic E-state index is 12.9. The summed E-state index contributed by atoms with van der Waals surface area (Å²) < 4.78 is 5.39. The molecular weight excluding hydrogens is 316 g/mol. The average molecular weight is 342 g/mol. The van der Waals surface area contributed by atoms with Gasteiger partial charge in [-0.1, -0.05) is 32.6 Å². The van der Waals surface area contributed by atoms with Gasteiger partial charge < -0.3 is 14.9 Å². The van der Waals surface area contributed by atoms with Gasteiger partial charge >= 0.3 is 0 Å². The van der Waals surface area contributed by atoms with Crippen molar-refractivity contribution in [1.29, 1.82) is 0 Å². The molecule has 1 aromatic carbocycles. The van der Waals surface area contributed by atoms with Crippen LogP contribution < -0.4 is 4.74 Å². The lowest BCUT2D eigenvalue weighted by Crippen LogP contribution is -2.44. The number of hydrogen-bond donors (Lipinski definition) is 2. The number of fused-ring (bicyclic) bond motifs is 3. The first-order valence-electron chi connectivity index (χ1n) is 8.69. The Morgan fingerprint density at radius 3 is 2.52 bits per heavy atom. The van der Waals surface area contributed by atoms with Crippen LogP contribution in [0, 0.1) is 11.8 Å². The summed E-state index contributed by atoms with van der Waals surface area (Å²) in [5.41, 5.74) is 2.16. The standard InChI is InChI=1S/C21H26O4/c1-10(2)15-18(23)16-14(22)9-13-12(4)11(3)7-8-21(13,5)17(16)19(24)20(15)25-6/h11,13,23-24H,1,4,7-9H2,2-3,5-6H3/t11-,13+,21-/m1/s1. The van der Waals surface area contributed by atoms with Gasteiger partial charge in [0.25, 0.3) is 0 Å². The SMILES string of the molecule is C=C(C)c1c(O)c2c(c(O)c1OC)[C@]1(C)CC[C@@H](C)C(=C)[C@@H]1CC2=O. The molecule has 1 aromatic rings. The summed E-state index contributed by atoms with van der Waals surface area (Å²) in [5, 5.41) is 21.8. The number of aromatic hydroxyl groups is 2. The monoisotopic (exact) mass is 342 g/mol. The summed E-state index contributed by atoms with van der Waals surface area (Å²) >= 11 is 0. The highest BCUT2D eigenvalue weighted by atomic mass is 16.5. The van der Waals surface area contributed by atoms with Crippen molar-refractivity contribution in [3.05, 3.63) is 35.4 Å². The number of benzene rings is 1. The van der Waals surface area contributed by atoms with Crippen LogP contribution in [-0.4, -0.2) is 23.1 Å². The van der Waals surface area contributed by atoms with Crippen molar-refractivity contribution in [3.63, 3.8) is 0 Å². The second-order valence-electron chi connectivity index (χ2n) is 7.75. The zero-order chi connectivity index (χ0) is 18.7. The van der Waals surface area contributed by atoms with Crippen molar-refractivity contribution < 1.29 is 19.7 Å². The van der Waals surface area contributed by atoms with E-state index in [9.17, 15) is 15.0 Å². The third-order valence-corrected chi connectivity index (χ3v) is 6.22. The molecule has 25 heavy (non-hydrogen) atoms. The van der Waals surface area contributed by atoms with Gasteiger partial charge in [-0.05, 0) is 37.2 Å². The van der Waals surface area contributed by atoms with Gasteiger partial charge in [0, 0.05) is 17.4 Å². The lowest BCUT2D eigenvalue weighted by Gasteiger charge is -2.49. The van der Waals surface area contributed by atoms with E-state index in [4.69, 9.17) is 4.74 Å². The molecule has 2 aliphatic carbocycles. The molecule has 1 fully saturated rings. The Hall–Kier alpha value is -2.23. The molecule has 134 valence electrons. The van der Waals surface area contributed by atoms with Crippen LogP contribution in [0.3, 0.4) is 0 Å². The number of carbonyl (C=O) groups is 1. The molecule has 0 aromatic heterocycles. The van der Waals surface area contributed by atoms with Crippen LogP contribution in [0.2, 0.25) is 0 Å². The highest BCUT2D eigenvalue weighted by molar-refractivity contribution is 6.05. The Kier molecular flexibility index (Phi) is 3.98. The largest absolute Gasteiger partial charge is 0.506 e. The summed E-state index contributed by atoms with van der Waals surface area (Å²) in [6, 6.07) is 0. The minimum Gasteiger partial charge on any atom is -0.506 e. The summed E-state index contributed by atoms with van der Waals surface area (Å²) in [6.07, 6.45) is 2.06. The van der Waals surface area contributed by atoms with Crippen molar-refractivity contribution >= 4 is 11.4 Å². The molecule has 3 atom stereocenters. The van der Waals surface area contributed by atoms with Crippen LogP contribution in [-0.2, 0) is 5.41 Å². The van der Waals surface area contributed by atoms with E-state index in [1.807, 2.05) is 0 Å². The smallest absolute Gasteiger partial charge is 0.172 e. The summed E-state index contributed by atoms with van der Waals surface area (Å²) in [4.78, 5) is 12.9. The molecule has 2 N–H and O–H groups in total. The minimum atomic E-state index is -0.449. The highest BCUT2D eigenvalue weighted by Crippen LogP contribution is 2.60. The molecule has 0 unspecified atom stereocenters. The van der Waals surface area contributed by atoms with Crippen molar-refractivity contribution in [2.24, 2.45) is 11.8 Å². The Morgan fingerprint density at radius 1 is 1.32 bits per heavy atom. The van der Waals surface area contributed by atoms with Gasteiger partial charge in [0.15, 0.2) is 17.3 Å². The first-order chi connectivity index (χ1) is 11.6. The second-order valence-corrected chi connectivity index (χ2v) is 7.75. The van der Waals surface area contributed by atoms with Crippen molar-refractivity contribution in [1.82, 2.24) is 0 Å². The molecule has 0 aliphatic heterocycles. The van der Waals surface area contributed by atoms with Gasteiger partial charge in [-0.3, -0.25) is 4.79 Å². The first-order valence-corrected chi connectivity index (χ1v) is 8.69. The van der Waals surface area contributed by atoms with Gasteiger partial charge in [-0.15, -0.1) is 0 Å². The Bertz CT molecular complexity index is 805. The minimum absolute atomic E-state index is 0.0399. The molecule has 4 heteroatoms. The Labute approximate surface area is 148 Å². The number of allylic oxidation sites excluding steroid dienone is 2. The number of rotatable bonds is 2. The van der Waals surface area contributed by atoms with Gasteiger partial charge in [0.1, 0.15) is 5.75 Å². The van der Waals surface area contributed by atoms with E-state index in [-0.39, 0.29) is 34.5 Å². The van der Waals surface area contributed by atoms with Crippen molar-refractivity contribution in [2.45, 2.75) is 45.4 Å². The molecule has 3 rings (SSSR count). The fourth-order valence-electron chi connectivity index (χ4n) is 4.70. The van der Waals surface area contributed by atoms with E-state index < -0.39 is 5.41 Å². The Morgan fingerprint density at radius 2 is 1.96 bits per heavy atom. The van der Waals surface area contributed by atoms with Gasteiger partial charge in [0.2, 0.25) is 0 Å². The summed E-state index contributed by atoms with van der Waals surface area (Å²) in [6.45, 7) is 14.0. The lowest BCUT2D eigenvalue weighted by molar-refractivity contribution is 0.0883. The molecule has 0 amide bonds. The van der Waals surface area contributed by atoms with Crippen LogP contribution in [0.25, 0.3) is 5.57 Å². The first kappa shape index (κ1) is 17.6. The summed E-state index contributed by atoms with van der Waals surface area (Å²) in [7, 11) is 1.44. The maximum Gasteiger partial charge on any atom is 0.172 e. The number of phenols is 2. The lowest BCUT2D eigenvalue weighted by atomic mass is 9.54. The third kappa shape index (κ3) is 2.23. The molecule has 0 radical (unpaired) electrons. The number of ether oxygens (including phenoxy) is 1. The van der Waals surface area contributed by atoms with Crippen LogP contribution in [0.5, 0.6) is 17.2 Å². The van der Waals surface area contributed by atoms with Crippen LogP contribution in [0.4, 0.5) is 0 Å². The van der Waals surface area contributed by atoms with E-state index in [2.05, 4.69) is 27.0 Å². The topological polar surface area (TPSA) is 66.8 Å².